The summed E-state index contributed by atoms with van der Waals surface area (Å²) < 4.78 is 7.96. The SMILES string of the molecule is CC(C)(C)[Si](C)(C)OCCn1c(C#N)cc2c(Cl)nc(N)nc21. The predicted octanol–water partition coefficient (Wildman–Crippen LogP) is 3.56. The molecule has 2 heterocycles. The summed E-state index contributed by atoms with van der Waals surface area (Å²) in [7, 11) is -1.84. The lowest BCUT2D eigenvalue weighted by Gasteiger charge is -2.36. The van der Waals surface area contributed by atoms with Gasteiger partial charge in [-0.2, -0.15) is 10.2 Å². The van der Waals surface area contributed by atoms with Gasteiger partial charge in [0, 0.05) is 6.54 Å². The van der Waals surface area contributed by atoms with E-state index in [0.29, 0.717) is 29.9 Å². The van der Waals surface area contributed by atoms with Crippen LogP contribution >= 0.6 is 11.6 Å². The largest absolute Gasteiger partial charge is 0.415 e. The van der Waals surface area contributed by atoms with Crippen molar-refractivity contribution in [1.82, 2.24) is 14.5 Å². The molecule has 8 heteroatoms. The molecule has 0 saturated heterocycles. The fourth-order valence-electron chi connectivity index (χ4n) is 2.03. The maximum atomic E-state index is 9.34. The van der Waals surface area contributed by atoms with Crippen LogP contribution in [0.2, 0.25) is 23.3 Å². The second kappa shape index (κ2) is 6.11. The van der Waals surface area contributed by atoms with E-state index in [1.165, 1.54) is 0 Å². The first kappa shape index (κ1) is 17.7. The van der Waals surface area contributed by atoms with Gasteiger partial charge in [-0.05, 0) is 24.2 Å². The molecule has 0 saturated carbocycles. The lowest BCUT2D eigenvalue weighted by molar-refractivity contribution is 0.273. The summed E-state index contributed by atoms with van der Waals surface area (Å²) in [6.45, 7) is 12.0. The Labute approximate surface area is 142 Å². The monoisotopic (exact) mass is 351 g/mol. The molecule has 2 aromatic heterocycles. The zero-order chi connectivity index (χ0) is 17.4. The molecule has 0 aliphatic carbocycles. The predicted molar refractivity (Wildman–Crippen MR) is 94.8 cm³/mol. The Hall–Kier alpha value is -1.62. The highest BCUT2D eigenvalue weighted by atomic mass is 35.5. The smallest absolute Gasteiger partial charge is 0.223 e. The molecular weight excluding hydrogens is 330 g/mol. The van der Waals surface area contributed by atoms with Crippen LogP contribution in [0.15, 0.2) is 6.07 Å². The lowest BCUT2D eigenvalue weighted by atomic mass is 10.2. The summed E-state index contributed by atoms with van der Waals surface area (Å²) >= 11 is 6.09. The van der Waals surface area contributed by atoms with Crippen LogP contribution in [-0.2, 0) is 11.0 Å². The van der Waals surface area contributed by atoms with Gasteiger partial charge in [0.15, 0.2) is 8.32 Å². The van der Waals surface area contributed by atoms with Crippen molar-refractivity contribution in [1.29, 1.82) is 5.26 Å². The lowest BCUT2D eigenvalue weighted by Crippen LogP contribution is -2.41. The molecule has 6 nitrogen and oxygen atoms in total. The molecule has 0 bridgehead atoms. The number of hydrogen-bond acceptors (Lipinski definition) is 5. The molecule has 0 aromatic carbocycles. The van der Waals surface area contributed by atoms with Crippen LogP contribution in [0.5, 0.6) is 0 Å². The topological polar surface area (TPSA) is 89.8 Å². The summed E-state index contributed by atoms with van der Waals surface area (Å²) in [5, 5.41) is 10.4. The second-order valence-electron chi connectivity index (χ2n) is 7.01. The minimum absolute atomic E-state index is 0.0941. The van der Waals surface area contributed by atoms with E-state index in [1.54, 1.807) is 10.6 Å². The average Bonchev–Trinajstić information content (AvgIpc) is 2.76. The number of fused-ring (bicyclic) bond motifs is 1. The number of hydrogen-bond donors (Lipinski definition) is 1. The third-order valence-electron chi connectivity index (χ3n) is 4.42. The van der Waals surface area contributed by atoms with Gasteiger partial charge in [0.1, 0.15) is 22.6 Å². The second-order valence-corrected chi connectivity index (χ2v) is 12.2. The van der Waals surface area contributed by atoms with Crippen molar-refractivity contribution in [2.45, 2.75) is 45.4 Å². The molecule has 124 valence electrons. The van der Waals surface area contributed by atoms with E-state index in [0.717, 1.165) is 0 Å². The van der Waals surface area contributed by atoms with E-state index in [9.17, 15) is 5.26 Å². The molecule has 0 spiro atoms. The number of halogens is 1. The fourth-order valence-corrected chi connectivity index (χ4v) is 3.29. The van der Waals surface area contributed by atoms with Crippen molar-refractivity contribution in [2.75, 3.05) is 12.3 Å². The van der Waals surface area contributed by atoms with Crippen molar-refractivity contribution >= 4 is 36.9 Å². The van der Waals surface area contributed by atoms with Crippen molar-refractivity contribution in [3.05, 3.63) is 16.9 Å². The number of nitriles is 1. The molecule has 0 aliphatic rings. The van der Waals surface area contributed by atoms with Crippen molar-refractivity contribution < 1.29 is 4.43 Å². The molecule has 0 radical (unpaired) electrons. The standard InChI is InChI=1S/C15H22ClN5OSi/c1-15(2,3)23(4,5)22-7-6-21-10(9-17)8-11-12(16)19-14(18)20-13(11)21/h8H,6-7H2,1-5H3,(H2,18,19,20). The van der Waals surface area contributed by atoms with E-state index in [4.69, 9.17) is 21.8 Å². The first-order valence-electron chi connectivity index (χ1n) is 7.43. The fraction of sp³-hybridized carbons (Fsp3) is 0.533. The number of rotatable bonds is 4. The molecular formula is C15H22ClN5OSi. The highest BCUT2D eigenvalue weighted by molar-refractivity contribution is 6.74. The zero-order valence-corrected chi connectivity index (χ0v) is 15.9. The first-order chi connectivity index (χ1) is 10.6. The third kappa shape index (κ3) is 3.49. The number of aromatic nitrogens is 3. The molecule has 0 atom stereocenters. The molecule has 2 rings (SSSR count). The van der Waals surface area contributed by atoms with Gasteiger partial charge in [-0.3, -0.25) is 0 Å². The van der Waals surface area contributed by atoms with Gasteiger partial charge in [0.2, 0.25) is 5.95 Å². The quantitative estimate of drug-likeness (QED) is 0.671. The Balaban J connectivity index is 2.29. The molecule has 0 aliphatic heterocycles. The van der Waals surface area contributed by atoms with Crippen LogP contribution in [0.1, 0.15) is 26.5 Å². The highest BCUT2D eigenvalue weighted by Crippen LogP contribution is 2.36. The van der Waals surface area contributed by atoms with E-state index < -0.39 is 8.32 Å². The summed E-state index contributed by atoms with van der Waals surface area (Å²) in [5.41, 5.74) is 6.71. The average molecular weight is 352 g/mol. The van der Waals surface area contributed by atoms with Gasteiger partial charge in [0.25, 0.3) is 0 Å². The normalized spacial score (nSPS) is 12.6. The zero-order valence-electron chi connectivity index (χ0n) is 14.1. The highest BCUT2D eigenvalue weighted by Gasteiger charge is 2.36. The minimum atomic E-state index is -1.84. The van der Waals surface area contributed by atoms with Crippen LogP contribution in [-0.4, -0.2) is 29.5 Å². The van der Waals surface area contributed by atoms with E-state index in [-0.39, 0.29) is 16.1 Å². The van der Waals surface area contributed by atoms with Gasteiger partial charge < -0.3 is 14.7 Å². The van der Waals surface area contributed by atoms with Gasteiger partial charge in [-0.25, -0.2) is 4.98 Å². The Morgan fingerprint density at radius 3 is 2.61 bits per heavy atom. The van der Waals surface area contributed by atoms with Gasteiger partial charge in [0.05, 0.1) is 12.0 Å². The van der Waals surface area contributed by atoms with E-state index >= 15 is 0 Å². The first-order valence-corrected chi connectivity index (χ1v) is 10.7. The molecule has 2 aromatic rings. The maximum Gasteiger partial charge on any atom is 0.223 e. The van der Waals surface area contributed by atoms with Crippen LogP contribution < -0.4 is 5.73 Å². The number of anilines is 1. The Morgan fingerprint density at radius 1 is 1.39 bits per heavy atom. The maximum absolute atomic E-state index is 9.34. The van der Waals surface area contributed by atoms with Gasteiger partial charge in [-0.15, -0.1) is 0 Å². The van der Waals surface area contributed by atoms with Crippen LogP contribution in [0, 0.1) is 11.3 Å². The molecule has 0 unspecified atom stereocenters. The van der Waals surface area contributed by atoms with E-state index in [1.807, 2.05) is 0 Å². The van der Waals surface area contributed by atoms with Crippen molar-refractivity contribution in [3.8, 4) is 6.07 Å². The summed E-state index contributed by atoms with van der Waals surface area (Å²) in [4.78, 5) is 8.15. The van der Waals surface area contributed by atoms with Gasteiger partial charge in [-0.1, -0.05) is 32.4 Å². The van der Waals surface area contributed by atoms with Crippen LogP contribution in [0.3, 0.4) is 0 Å². The van der Waals surface area contributed by atoms with Crippen molar-refractivity contribution in [2.24, 2.45) is 0 Å². The molecule has 0 amide bonds. The summed E-state index contributed by atoms with van der Waals surface area (Å²) in [6, 6.07) is 3.85. The Morgan fingerprint density at radius 2 is 2.04 bits per heavy atom. The third-order valence-corrected chi connectivity index (χ3v) is 9.25. The van der Waals surface area contributed by atoms with Crippen LogP contribution in [0.25, 0.3) is 11.0 Å². The molecule has 2 N–H and O–H groups in total. The summed E-state index contributed by atoms with van der Waals surface area (Å²) in [5.74, 6) is 0.0941. The number of nitrogen functional groups attached to an aromatic ring is 1. The van der Waals surface area contributed by atoms with Crippen molar-refractivity contribution in [3.63, 3.8) is 0 Å². The Bertz CT molecular complexity index is 773. The minimum Gasteiger partial charge on any atom is -0.415 e. The summed E-state index contributed by atoms with van der Waals surface area (Å²) in [6.07, 6.45) is 0. The number of nitrogens with two attached hydrogens (primary N) is 1. The van der Waals surface area contributed by atoms with Crippen LogP contribution in [0.4, 0.5) is 5.95 Å². The molecule has 23 heavy (non-hydrogen) atoms. The van der Waals surface area contributed by atoms with Gasteiger partial charge >= 0.3 is 0 Å². The Kier molecular flexibility index (Phi) is 4.71. The molecule has 0 fully saturated rings. The van der Waals surface area contributed by atoms with E-state index in [2.05, 4.69) is 49.9 Å². The number of nitrogens with zero attached hydrogens (tertiary/aromatic N) is 4.